The number of rotatable bonds is 3. The van der Waals surface area contributed by atoms with Crippen molar-refractivity contribution in [3.05, 3.63) is 23.5 Å². The predicted octanol–water partition coefficient (Wildman–Crippen LogP) is 3.48. The van der Waals surface area contributed by atoms with Crippen LogP contribution in [0.3, 0.4) is 0 Å². The van der Waals surface area contributed by atoms with Gasteiger partial charge in [-0.25, -0.2) is 0 Å². The fourth-order valence-corrected chi connectivity index (χ4v) is 2.06. The maximum atomic E-state index is 5.96. The summed E-state index contributed by atoms with van der Waals surface area (Å²) in [6, 6.07) is 0. The van der Waals surface area contributed by atoms with Crippen LogP contribution in [-0.2, 0) is 11.8 Å². The topological polar surface area (TPSA) is 22.1 Å². The van der Waals surface area contributed by atoms with Gasteiger partial charge in [0.25, 0.3) is 0 Å². The van der Waals surface area contributed by atoms with Crippen molar-refractivity contribution in [2.24, 2.45) is 0 Å². The van der Waals surface area contributed by atoms with E-state index in [0.717, 1.165) is 12.2 Å². The number of pyridine rings is 1. The monoisotopic (exact) mass is 219 g/mol. The summed E-state index contributed by atoms with van der Waals surface area (Å²) in [6.45, 7) is 8.89. The van der Waals surface area contributed by atoms with E-state index in [1.54, 1.807) is 0 Å². The van der Waals surface area contributed by atoms with Crippen LogP contribution in [0.25, 0.3) is 0 Å². The molecule has 0 amide bonds. The zero-order chi connectivity index (χ0) is 11.8. The highest BCUT2D eigenvalue weighted by molar-refractivity contribution is 5.42. The Bertz CT molecular complexity index is 375. The van der Waals surface area contributed by atoms with Gasteiger partial charge in [0.2, 0.25) is 0 Å². The first-order chi connectivity index (χ1) is 7.52. The van der Waals surface area contributed by atoms with Crippen molar-refractivity contribution >= 4 is 0 Å². The lowest BCUT2D eigenvalue weighted by Crippen LogP contribution is -2.17. The first-order valence-electron chi connectivity index (χ1n) is 6.16. The van der Waals surface area contributed by atoms with E-state index in [1.165, 1.54) is 24.0 Å². The summed E-state index contributed by atoms with van der Waals surface area (Å²) in [5.41, 5.74) is 2.76. The number of aryl methyl sites for hydroxylation is 1. The predicted molar refractivity (Wildman–Crippen MR) is 66.0 cm³/mol. The van der Waals surface area contributed by atoms with Crippen molar-refractivity contribution in [2.45, 2.75) is 58.5 Å². The van der Waals surface area contributed by atoms with Gasteiger partial charge in [0.15, 0.2) is 0 Å². The fraction of sp³-hybridized carbons (Fsp3) is 0.643. The Hall–Kier alpha value is -1.05. The molecule has 0 bridgehead atoms. The summed E-state index contributed by atoms with van der Waals surface area (Å²) in [4.78, 5) is 4.29. The van der Waals surface area contributed by atoms with Crippen LogP contribution in [0.4, 0.5) is 0 Å². The molecule has 0 saturated heterocycles. The largest absolute Gasteiger partial charge is 0.488 e. The molecule has 1 heterocycles. The van der Waals surface area contributed by atoms with E-state index >= 15 is 0 Å². The van der Waals surface area contributed by atoms with Crippen molar-refractivity contribution in [3.8, 4) is 5.75 Å². The van der Waals surface area contributed by atoms with Crippen LogP contribution in [-0.4, -0.2) is 11.1 Å². The third kappa shape index (κ3) is 2.37. The Morgan fingerprint density at radius 3 is 2.50 bits per heavy atom. The molecule has 0 aliphatic heterocycles. The first-order valence-corrected chi connectivity index (χ1v) is 6.16. The van der Waals surface area contributed by atoms with Crippen LogP contribution in [0.1, 0.15) is 51.7 Å². The highest BCUT2D eigenvalue weighted by Gasteiger charge is 2.28. The zero-order valence-electron chi connectivity index (χ0n) is 10.7. The molecule has 16 heavy (non-hydrogen) atoms. The second-order valence-corrected chi connectivity index (χ2v) is 5.59. The summed E-state index contributed by atoms with van der Waals surface area (Å²) < 4.78 is 5.96. The van der Waals surface area contributed by atoms with Crippen molar-refractivity contribution in [2.75, 3.05) is 0 Å². The SMILES string of the molecule is CCc1cncc(OC2CC2)c1C(C)(C)C. The Kier molecular flexibility index (Phi) is 2.92. The van der Waals surface area contributed by atoms with Crippen molar-refractivity contribution < 1.29 is 4.74 Å². The number of hydrogen-bond acceptors (Lipinski definition) is 2. The van der Waals surface area contributed by atoms with Gasteiger partial charge in [-0.15, -0.1) is 0 Å². The summed E-state index contributed by atoms with van der Waals surface area (Å²) in [6.07, 6.45) is 7.69. The van der Waals surface area contributed by atoms with Crippen LogP contribution >= 0.6 is 0 Å². The number of hydrogen-bond donors (Lipinski definition) is 0. The van der Waals surface area contributed by atoms with Crippen molar-refractivity contribution in [1.29, 1.82) is 0 Å². The highest BCUT2D eigenvalue weighted by atomic mass is 16.5. The minimum atomic E-state index is 0.124. The minimum Gasteiger partial charge on any atom is -0.488 e. The quantitative estimate of drug-likeness (QED) is 0.776. The second-order valence-electron chi connectivity index (χ2n) is 5.59. The average Bonchev–Trinajstić information content (AvgIpc) is 2.99. The Morgan fingerprint density at radius 2 is 2.00 bits per heavy atom. The van der Waals surface area contributed by atoms with Crippen LogP contribution in [0, 0.1) is 0 Å². The summed E-state index contributed by atoms with van der Waals surface area (Å²) in [7, 11) is 0. The van der Waals surface area contributed by atoms with E-state index < -0.39 is 0 Å². The van der Waals surface area contributed by atoms with E-state index in [0.29, 0.717) is 6.10 Å². The van der Waals surface area contributed by atoms with Gasteiger partial charge < -0.3 is 4.74 Å². The molecule has 88 valence electrons. The lowest BCUT2D eigenvalue weighted by atomic mass is 9.83. The normalized spacial score (nSPS) is 16.2. The van der Waals surface area contributed by atoms with Crippen molar-refractivity contribution in [3.63, 3.8) is 0 Å². The van der Waals surface area contributed by atoms with Crippen LogP contribution in [0.2, 0.25) is 0 Å². The third-order valence-corrected chi connectivity index (χ3v) is 2.94. The standard InChI is InChI=1S/C14H21NO/c1-5-10-8-15-9-12(16-11-6-7-11)13(10)14(2,3)4/h8-9,11H,5-7H2,1-4H3. The van der Waals surface area contributed by atoms with E-state index in [4.69, 9.17) is 4.74 Å². The van der Waals surface area contributed by atoms with Crippen LogP contribution in [0.5, 0.6) is 5.75 Å². The number of nitrogens with zero attached hydrogens (tertiary/aromatic N) is 1. The molecule has 2 heteroatoms. The second kappa shape index (κ2) is 4.08. The summed E-state index contributed by atoms with van der Waals surface area (Å²) in [5, 5.41) is 0. The van der Waals surface area contributed by atoms with E-state index in [1.807, 2.05) is 12.4 Å². The molecule has 0 unspecified atom stereocenters. The van der Waals surface area contributed by atoms with Gasteiger partial charge in [-0.05, 0) is 30.2 Å². The van der Waals surface area contributed by atoms with Gasteiger partial charge in [0, 0.05) is 11.8 Å². The van der Waals surface area contributed by atoms with Gasteiger partial charge in [-0.2, -0.15) is 0 Å². The number of ether oxygens (including phenoxy) is 1. The molecule has 1 fully saturated rings. The molecule has 0 N–H and O–H groups in total. The molecule has 1 aliphatic carbocycles. The van der Waals surface area contributed by atoms with Gasteiger partial charge in [0.1, 0.15) is 5.75 Å². The molecule has 0 spiro atoms. The molecule has 2 rings (SSSR count). The van der Waals surface area contributed by atoms with Gasteiger partial charge in [-0.1, -0.05) is 27.7 Å². The van der Waals surface area contributed by atoms with Gasteiger partial charge >= 0.3 is 0 Å². The summed E-state index contributed by atoms with van der Waals surface area (Å²) in [5.74, 6) is 0.995. The maximum Gasteiger partial charge on any atom is 0.141 e. The molecule has 0 radical (unpaired) electrons. The molecule has 0 aromatic carbocycles. The Labute approximate surface area is 98.0 Å². The van der Waals surface area contributed by atoms with E-state index in [-0.39, 0.29) is 5.41 Å². The fourth-order valence-electron chi connectivity index (χ4n) is 2.06. The summed E-state index contributed by atoms with van der Waals surface area (Å²) >= 11 is 0. The Balaban J connectivity index is 2.41. The van der Waals surface area contributed by atoms with E-state index in [2.05, 4.69) is 32.7 Å². The molecular formula is C14H21NO. The average molecular weight is 219 g/mol. The lowest BCUT2D eigenvalue weighted by molar-refractivity contribution is 0.293. The third-order valence-electron chi connectivity index (χ3n) is 2.94. The van der Waals surface area contributed by atoms with Crippen LogP contribution < -0.4 is 4.74 Å². The minimum absolute atomic E-state index is 0.124. The first kappa shape index (κ1) is 11.4. The highest BCUT2D eigenvalue weighted by Crippen LogP contribution is 2.37. The molecular weight excluding hydrogens is 198 g/mol. The molecule has 1 saturated carbocycles. The maximum absolute atomic E-state index is 5.96. The van der Waals surface area contributed by atoms with Crippen LogP contribution in [0.15, 0.2) is 12.4 Å². The molecule has 0 atom stereocenters. The lowest BCUT2D eigenvalue weighted by Gasteiger charge is -2.25. The number of aromatic nitrogens is 1. The van der Waals surface area contributed by atoms with Gasteiger partial charge in [0.05, 0.1) is 12.3 Å². The van der Waals surface area contributed by atoms with Gasteiger partial charge in [-0.3, -0.25) is 4.98 Å². The molecule has 1 aromatic rings. The Morgan fingerprint density at radius 1 is 1.31 bits per heavy atom. The van der Waals surface area contributed by atoms with E-state index in [9.17, 15) is 0 Å². The smallest absolute Gasteiger partial charge is 0.141 e. The molecule has 2 nitrogen and oxygen atoms in total. The zero-order valence-corrected chi connectivity index (χ0v) is 10.7. The van der Waals surface area contributed by atoms with Crippen molar-refractivity contribution in [1.82, 2.24) is 4.98 Å². The molecule has 1 aromatic heterocycles. The molecule has 1 aliphatic rings.